The Kier molecular flexibility index (Phi) is 6.68. The van der Waals surface area contributed by atoms with E-state index in [-0.39, 0.29) is 18.2 Å². The number of carbonyl (C=O) groups excluding carboxylic acids is 1. The van der Waals surface area contributed by atoms with Gasteiger partial charge in [-0.15, -0.1) is 11.3 Å². The van der Waals surface area contributed by atoms with Gasteiger partial charge in [0.1, 0.15) is 18.2 Å². The molecular formula is C28H22F2N2O2S. The number of hydrogen-bond donors (Lipinski definition) is 1. The molecule has 0 spiro atoms. The number of carbonyl (C=O) groups is 1. The van der Waals surface area contributed by atoms with E-state index in [4.69, 9.17) is 4.74 Å². The SMILES string of the molecule is O=C(Nc1ccc(-c2ccc(C3CCC(c4c(F)cccc4F)=N3)cc2)cc1)OCc1cccs1. The van der Waals surface area contributed by atoms with Crippen LogP contribution in [-0.2, 0) is 11.3 Å². The molecule has 2 heterocycles. The summed E-state index contributed by atoms with van der Waals surface area (Å²) in [5.74, 6) is -1.15. The normalized spacial score (nSPS) is 15.0. The lowest BCUT2D eigenvalue weighted by molar-refractivity contribution is 0.156. The molecule has 1 aliphatic rings. The molecule has 4 nitrogen and oxygen atoms in total. The molecule has 0 bridgehead atoms. The van der Waals surface area contributed by atoms with Crippen LogP contribution in [0.1, 0.15) is 34.9 Å². The fraction of sp³-hybridized carbons (Fsp3) is 0.143. The maximum absolute atomic E-state index is 14.1. The summed E-state index contributed by atoms with van der Waals surface area (Å²) in [6, 6.07) is 23.1. The topological polar surface area (TPSA) is 50.7 Å². The van der Waals surface area contributed by atoms with Crippen LogP contribution in [0.5, 0.6) is 0 Å². The molecule has 7 heteroatoms. The van der Waals surface area contributed by atoms with Crippen molar-refractivity contribution in [2.24, 2.45) is 4.99 Å². The zero-order chi connectivity index (χ0) is 24.2. The van der Waals surface area contributed by atoms with Gasteiger partial charge >= 0.3 is 6.09 Å². The van der Waals surface area contributed by atoms with Crippen LogP contribution < -0.4 is 5.32 Å². The molecule has 0 saturated carbocycles. The van der Waals surface area contributed by atoms with Crippen LogP contribution in [0.25, 0.3) is 11.1 Å². The number of amides is 1. The van der Waals surface area contributed by atoms with Crippen molar-refractivity contribution in [1.82, 2.24) is 0 Å². The number of ether oxygens (including phenoxy) is 1. The summed E-state index contributed by atoms with van der Waals surface area (Å²) in [5.41, 5.74) is 4.13. The number of thiophene rings is 1. The molecule has 1 aromatic heterocycles. The Morgan fingerprint density at radius 2 is 1.63 bits per heavy atom. The average Bonchev–Trinajstić information content (AvgIpc) is 3.56. The minimum atomic E-state index is -0.576. The zero-order valence-corrected chi connectivity index (χ0v) is 19.5. The van der Waals surface area contributed by atoms with Crippen molar-refractivity contribution in [2.45, 2.75) is 25.5 Å². The Morgan fingerprint density at radius 1 is 0.943 bits per heavy atom. The fourth-order valence-corrected chi connectivity index (χ4v) is 4.74. The van der Waals surface area contributed by atoms with E-state index < -0.39 is 17.7 Å². The Balaban J connectivity index is 1.22. The number of aliphatic imine (C=N–C) groups is 1. The molecule has 176 valence electrons. The molecule has 1 amide bonds. The van der Waals surface area contributed by atoms with E-state index >= 15 is 0 Å². The Labute approximate surface area is 205 Å². The molecule has 4 aromatic rings. The Bertz CT molecular complexity index is 1330. The van der Waals surface area contributed by atoms with Gasteiger partial charge in [0.2, 0.25) is 0 Å². The van der Waals surface area contributed by atoms with Crippen molar-refractivity contribution in [1.29, 1.82) is 0 Å². The first-order valence-corrected chi connectivity index (χ1v) is 12.1. The van der Waals surface area contributed by atoms with Gasteiger partial charge in [0, 0.05) is 16.3 Å². The first-order chi connectivity index (χ1) is 17.1. The molecular weight excluding hydrogens is 466 g/mol. The fourth-order valence-electron chi connectivity index (χ4n) is 4.12. The lowest BCUT2D eigenvalue weighted by Gasteiger charge is -2.10. The number of benzene rings is 3. The second-order valence-corrected chi connectivity index (χ2v) is 9.24. The quantitative estimate of drug-likeness (QED) is 0.301. The van der Waals surface area contributed by atoms with Gasteiger partial charge in [-0.3, -0.25) is 10.3 Å². The van der Waals surface area contributed by atoms with Crippen LogP contribution in [0.3, 0.4) is 0 Å². The van der Waals surface area contributed by atoms with Gasteiger partial charge in [0.15, 0.2) is 0 Å². The van der Waals surface area contributed by atoms with Crippen LogP contribution in [0.4, 0.5) is 19.3 Å². The summed E-state index contributed by atoms with van der Waals surface area (Å²) in [7, 11) is 0. The van der Waals surface area contributed by atoms with Gasteiger partial charge in [-0.1, -0.05) is 48.5 Å². The third-order valence-corrected chi connectivity index (χ3v) is 6.75. The van der Waals surface area contributed by atoms with Crippen LogP contribution in [-0.4, -0.2) is 11.8 Å². The van der Waals surface area contributed by atoms with Crippen LogP contribution in [0, 0.1) is 11.6 Å². The van der Waals surface area contributed by atoms with Crippen molar-refractivity contribution in [3.05, 3.63) is 112 Å². The minimum Gasteiger partial charge on any atom is -0.444 e. The summed E-state index contributed by atoms with van der Waals surface area (Å²) in [6.45, 7) is 0.246. The third-order valence-electron chi connectivity index (χ3n) is 5.90. The predicted molar refractivity (Wildman–Crippen MR) is 135 cm³/mol. The lowest BCUT2D eigenvalue weighted by atomic mass is 9.99. The second kappa shape index (κ2) is 10.2. The Hall–Kier alpha value is -3.84. The van der Waals surface area contributed by atoms with Gasteiger partial charge in [-0.25, -0.2) is 13.6 Å². The summed E-state index contributed by atoms with van der Waals surface area (Å²) < 4.78 is 33.5. The van der Waals surface area contributed by atoms with E-state index in [1.165, 1.54) is 29.5 Å². The van der Waals surface area contributed by atoms with E-state index in [9.17, 15) is 13.6 Å². The van der Waals surface area contributed by atoms with Crippen molar-refractivity contribution in [2.75, 3.05) is 5.32 Å². The van der Waals surface area contributed by atoms with Gasteiger partial charge in [-0.2, -0.15) is 0 Å². The number of anilines is 1. The second-order valence-electron chi connectivity index (χ2n) is 8.21. The summed E-state index contributed by atoms with van der Waals surface area (Å²) >= 11 is 1.54. The molecule has 35 heavy (non-hydrogen) atoms. The molecule has 0 fully saturated rings. The molecule has 5 rings (SSSR count). The number of hydrogen-bond acceptors (Lipinski definition) is 4. The molecule has 0 aliphatic carbocycles. The molecule has 1 aliphatic heterocycles. The van der Waals surface area contributed by atoms with Crippen LogP contribution in [0.2, 0.25) is 0 Å². The van der Waals surface area contributed by atoms with Crippen molar-refractivity contribution >= 4 is 28.8 Å². The van der Waals surface area contributed by atoms with Gasteiger partial charge < -0.3 is 4.74 Å². The van der Waals surface area contributed by atoms with E-state index in [1.54, 1.807) is 0 Å². The average molecular weight is 489 g/mol. The smallest absolute Gasteiger partial charge is 0.411 e. The highest BCUT2D eigenvalue weighted by molar-refractivity contribution is 7.09. The van der Waals surface area contributed by atoms with Crippen molar-refractivity contribution in [3.8, 4) is 11.1 Å². The van der Waals surface area contributed by atoms with Gasteiger partial charge in [0.25, 0.3) is 0 Å². The number of halogens is 2. The van der Waals surface area contributed by atoms with E-state index in [0.29, 0.717) is 24.2 Å². The van der Waals surface area contributed by atoms with Gasteiger partial charge in [-0.05, 0) is 65.2 Å². The lowest BCUT2D eigenvalue weighted by Crippen LogP contribution is -2.13. The van der Waals surface area contributed by atoms with E-state index in [2.05, 4.69) is 10.3 Å². The zero-order valence-electron chi connectivity index (χ0n) is 18.7. The molecule has 3 aromatic carbocycles. The maximum atomic E-state index is 14.1. The highest BCUT2D eigenvalue weighted by Gasteiger charge is 2.24. The van der Waals surface area contributed by atoms with E-state index in [0.717, 1.165) is 21.6 Å². The maximum Gasteiger partial charge on any atom is 0.411 e. The first-order valence-electron chi connectivity index (χ1n) is 11.2. The minimum absolute atomic E-state index is 0.0178. The summed E-state index contributed by atoms with van der Waals surface area (Å²) in [4.78, 5) is 17.6. The number of nitrogens with one attached hydrogen (secondary N) is 1. The molecule has 0 saturated heterocycles. The summed E-state index contributed by atoms with van der Waals surface area (Å²) in [5, 5.41) is 4.67. The van der Waals surface area contributed by atoms with Crippen LogP contribution in [0.15, 0.2) is 89.2 Å². The van der Waals surface area contributed by atoms with Crippen molar-refractivity contribution < 1.29 is 18.3 Å². The first kappa shape index (κ1) is 22.9. The third kappa shape index (κ3) is 5.30. The predicted octanol–water partition coefficient (Wildman–Crippen LogP) is 7.77. The molecule has 1 atom stereocenters. The summed E-state index contributed by atoms with van der Waals surface area (Å²) in [6.07, 6.45) is 0.752. The molecule has 0 radical (unpaired) electrons. The number of nitrogens with zero attached hydrogens (tertiary/aromatic N) is 1. The highest BCUT2D eigenvalue weighted by atomic mass is 32.1. The largest absolute Gasteiger partial charge is 0.444 e. The molecule has 1 N–H and O–H groups in total. The highest BCUT2D eigenvalue weighted by Crippen LogP contribution is 2.33. The number of rotatable bonds is 6. The van der Waals surface area contributed by atoms with E-state index in [1.807, 2.05) is 66.0 Å². The monoisotopic (exact) mass is 488 g/mol. The van der Waals surface area contributed by atoms with Crippen LogP contribution >= 0.6 is 11.3 Å². The molecule has 1 unspecified atom stereocenters. The standard InChI is InChI=1S/C28H22F2N2O2S/c29-23-4-1-5-24(30)27(23)26-15-14-25(32-26)20-8-6-18(7-9-20)19-10-12-21(13-11-19)31-28(33)34-17-22-3-2-16-35-22/h1-13,16,25H,14-15,17H2,(H,31,33). The van der Waals surface area contributed by atoms with Crippen molar-refractivity contribution in [3.63, 3.8) is 0 Å². The van der Waals surface area contributed by atoms with Gasteiger partial charge in [0.05, 0.1) is 11.6 Å². The Morgan fingerprint density at radius 3 is 2.29 bits per heavy atom.